The van der Waals surface area contributed by atoms with Crippen molar-refractivity contribution < 1.29 is 4.79 Å². The molecule has 6 heteroatoms. The van der Waals surface area contributed by atoms with Crippen LogP contribution in [0, 0.1) is 0 Å². The molecule has 1 aromatic carbocycles. The van der Waals surface area contributed by atoms with Gasteiger partial charge in [-0.25, -0.2) is 4.99 Å². The van der Waals surface area contributed by atoms with Gasteiger partial charge in [-0.05, 0) is 12.1 Å². The molecule has 2 aliphatic heterocycles. The lowest BCUT2D eigenvalue weighted by molar-refractivity contribution is -0.122. The summed E-state index contributed by atoms with van der Waals surface area (Å²) in [6.45, 7) is 0. The number of amides is 1. The number of para-hydroxylation sites is 1. The van der Waals surface area contributed by atoms with Crippen LogP contribution >= 0.6 is 0 Å². The largest absolute Gasteiger partial charge is 0.347 e. The molecule has 6 nitrogen and oxygen atoms in total. The van der Waals surface area contributed by atoms with E-state index in [-0.39, 0.29) is 5.91 Å². The first kappa shape index (κ1) is 10.8. The van der Waals surface area contributed by atoms with Gasteiger partial charge >= 0.3 is 0 Å². The second-order valence-electron chi connectivity index (χ2n) is 4.07. The van der Waals surface area contributed by atoms with Crippen LogP contribution in [-0.2, 0) is 4.79 Å². The molecule has 0 fully saturated rings. The number of carbonyl (C=O) groups is 1. The normalized spacial score (nSPS) is 25.9. The van der Waals surface area contributed by atoms with Crippen molar-refractivity contribution in [3.63, 3.8) is 0 Å². The van der Waals surface area contributed by atoms with Crippen LogP contribution in [0.2, 0.25) is 0 Å². The second kappa shape index (κ2) is 4.15. The molecule has 1 amide bonds. The number of hydrogen-bond donors (Lipinski definition) is 3. The van der Waals surface area contributed by atoms with Crippen LogP contribution in [0.1, 0.15) is 0 Å². The maximum atomic E-state index is 12.0. The summed E-state index contributed by atoms with van der Waals surface area (Å²) in [6.07, 6.45) is 2.88. The minimum atomic E-state index is -0.680. The molecule has 18 heavy (non-hydrogen) atoms. The number of benzene rings is 1. The molecular weight excluding hydrogens is 230 g/mol. The van der Waals surface area contributed by atoms with Gasteiger partial charge in [-0.1, -0.05) is 18.2 Å². The van der Waals surface area contributed by atoms with E-state index in [0.717, 1.165) is 5.69 Å². The summed E-state index contributed by atoms with van der Waals surface area (Å²) in [5.74, 6) is 0.408. The van der Waals surface area contributed by atoms with Crippen molar-refractivity contribution in [2.45, 2.75) is 12.3 Å². The van der Waals surface area contributed by atoms with E-state index in [0.29, 0.717) is 5.84 Å². The molecule has 3 rings (SSSR count). The number of nitrogens with two attached hydrogens (primary N) is 1. The van der Waals surface area contributed by atoms with Crippen molar-refractivity contribution in [1.29, 1.82) is 0 Å². The predicted octanol–water partition coefficient (Wildman–Crippen LogP) is -0.293. The number of nitrogens with one attached hydrogen (secondary N) is 2. The van der Waals surface area contributed by atoms with Gasteiger partial charge < -0.3 is 15.5 Å². The van der Waals surface area contributed by atoms with E-state index >= 15 is 0 Å². The van der Waals surface area contributed by atoms with Crippen molar-refractivity contribution in [2.24, 2.45) is 10.7 Å². The minimum Gasteiger partial charge on any atom is -0.347 e. The van der Waals surface area contributed by atoms with E-state index in [9.17, 15) is 4.79 Å². The Kier molecular flexibility index (Phi) is 2.49. The number of hydrogen-bond acceptors (Lipinski definition) is 5. The SMILES string of the molecule is NC1N=C2NC=CN(c3ccccc3)C2C(=O)N1. The average molecular weight is 243 g/mol. The number of fused-ring (bicyclic) bond motifs is 1. The monoisotopic (exact) mass is 243 g/mol. The van der Waals surface area contributed by atoms with Crippen LogP contribution in [0.5, 0.6) is 0 Å². The third-order valence-corrected chi connectivity index (χ3v) is 2.87. The summed E-state index contributed by atoms with van der Waals surface area (Å²) in [5, 5.41) is 5.58. The highest BCUT2D eigenvalue weighted by atomic mass is 16.2. The maximum absolute atomic E-state index is 12.0. The summed E-state index contributed by atoms with van der Waals surface area (Å²) in [4.78, 5) is 18.1. The highest BCUT2D eigenvalue weighted by Gasteiger charge is 2.36. The van der Waals surface area contributed by atoms with Gasteiger partial charge in [-0.2, -0.15) is 0 Å². The molecule has 2 unspecified atom stereocenters. The maximum Gasteiger partial charge on any atom is 0.253 e. The van der Waals surface area contributed by atoms with E-state index in [2.05, 4.69) is 15.6 Å². The Morgan fingerprint density at radius 3 is 2.83 bits per heavy atom. The smallest absolute Gasteiger partial charge is 0.253 e. The Balaban J connectivity index is 2.01. The highest BCUT2D eigenvalue weighted by molar-refractivity contribution is 6.12. The lowest BCUT2D eigenvalue weighted by Gasteiger charge is -2.36. The summed E-state index contributed by atoms with van der Waals surface area (Å²) in [7, 11) is 0. The second-order valence-corrected chi connectivity index (χ2v) is 4.07. The molecule has 92 valence electrons. The third-order valence-electron chi connectivity index (χ3n) is 2.87. The Bertz CT molecular complexity index is 525. The fourth-order valence-corrected chi connectivity index (χ4v) is 2.10. The number of aliphatic imine (C=N–C) groups is 1. The van der Waals surface area contributed by atoms with Gasteiger partial charge in [0.25, 0.3) is 5.91 Å². The Morgan fingerprint density at radius 2 is 2.06 bits per heavy atom. The lowest BCUT2D eigenvalue weighted by Crippen LogP contribution is -2.62. The standard InChI is InChI=1S/C12H13N5O/c13-12-15-10-9(11(18)16-12)17(7-6-14-10)8-4-2-1-3-5-8/h1-7,9,12H,13H2,(H,14,15)(H,16,18). The first-order valence-corrected chi connectivity index (χ1v) is 5.66. The predicted molar refractivity (Wildman–Crippen MR) is 68.5 cm³/mol. The van der Waals surface area contributed by atoms with Crippen LogP contribution in [-0.4, -0.2) is 24.1 Å². The summed E-state index contributed by atoms with van der Waals surface area (Å²) >= 11 is 0. The number of anilines is 1. The van der Waals surface area contributed by atoms with Crippen LogP contribution in [0.3, 0.4) is 0 Å². The molecule has 0 spiro atoms. The van der Waals surface area contributed by atoms with Crippen molar-refractivity contribution in [3.8, 4) is 0 Å². The van der Waals surface area contributed by atoms with Crippen LogP contribution in [0.4, 0.5) is 5.69 Å². The molecule has 2 aliphatic rings. The molecule has 0 aliphatic carbocycles. The zero-order valence-electron chi connectivity index (χ0n) is 9.58. The zero-order valence-corrected chi connectivity index (χ0v) is 9.58. The highest BCUT2D eigenvalue weighted by Crippen LogP contribution is 2.21. The van der Waals surface area contributed by atoms with Gasteiger partial charge in [0.05, 0.1) is 0 Å². The van der Waals surface area contributed by atoms with Gasteiger partial charge in [0.1, 0.15) is 5.84 Å². The molecular formula is C12H13N5O. The van der Waals surface area contributed by atoms with Crippen LogP contribution in [0.15, 0.2) is 47.7 Å². The average Bonchev–Trinajstić information content (AvgIpc) is 2.38. The van der Waals surface area contributed by atoms with Crippen molar-refractivity contribution in [3.05, 3.63) is 42.7 Å². The quantitative estimate of drug-likeness (QED) is 0.633. The Hall–Kier alpha value is -2.34. The van der Waals surface area contributed by atoms with E-state index in [1.807, 2.05) is 41.4 Å². The molecule has 0 radical (unpaired) electrons. The van der Waals surface area contributed by atoms with Crippen molar-refractivity contribution in [2.75, 3.05) is 4.90 Å². The molecule has 0 saturated heterocycles. The van der Waals surface area contributed by atoms with Gasteiger partial charge in [-0.15, -0.1) is 0 Å². The van der Waals surface area contributed by atoms with E-state index in [1.165, 1.54) is 0 Å². The zero-order chi connectivity index (χ0) is 12.5. The van der Waals surface area contributed by atoms with E-state index in [4.69, 9.17) is 5.73 Å². The molecule has 1 aromatic rings. The molecule has 0 saturated carbocycles. The van der Waals surface area contributed by atoms with Crippen LogP contribution < -0.4 is 21.3 Å². The number of amidine groups is 1. The summed E-state index contributed by atoms with van der Waals surface area (Å²) in [5.41, 5.74) is 6.54. The summed E-state index contributed by atoms with van der Waals surface area (Å²) in [6, 6.07) is 9.17. The minimum absolute atomic E-state index is 0.159. The Labute approximate surface area is 104 Å². The molecule has 2 heterocycles. The van der Waals surface area contributed by atoms with Crippen molar-refractivity contribution >= 4 is 17.4 Å². The van der Waals surface area contributed by atoms with E-state index < -0.39 is 12.3 Å². The van der Waals surface area contributed by atoms with Gasteiger partial charge in [-0.3, -0.25) is 10.5 Å². The van der Waals surface area contributed by atoms with Crippen molar-refractivity contribution in [1.82, 2.24) is 10.6 Å². The molecule has 4 N–H and O–H groups in total. The molecule has 0 aromatic heterocycles. The van der Waals surface area contributed by atoms with E-state index in [1.54, 1.807) is 6.20 Å². The van der Waals surface area contributed by atoms with Crippen LogP contribution in [0.25, 0.3) is 0 Å². The summed E-state index contributed by atoms with van der Waals surface area (Å²) < 4.78 is 0. The number of rotatable bonds is 1. The first-order chi connectivity index (χ1) is 8.75. The lowest BCUT2D eigenvalue weighted by atomic mass is 10.1. The third kappa shape index (κ3) is 1.72. The molecule has 2 atom stereocenters. The number of nitrogens with zero attached hydrogens (tertiary/aromatic N) is 2. The Morgan fingerprint density at radius 1 is 1.28 bits per heavy atom. The molecule has 0 bridgehead atoms. The van der Waals surface area contributed by atoms with Gasteiger partial charge in [0, 0.05) is 18.1 Å². The number of carbonyl (C=O) groups excluding carboxylic acids is 1. The fourth-order valence-electron chi connectivity index (χ4n) is 2.10. The topological polar surface area (TPSA) is 82.8 Å². The van der Waals surface area contributed by atoms with Gasteiger partial charge in [0.15, 0.2) is 12.3 Å². The first-order valence-electron chi connectivity index (χ1n) is 5.66. The fraction of sp³-hybridized carbons (Fsp3) is 0.167. The van der Waals surface area contributed by atoms with Gasteiger partial charge in [0.2, 0.25) is 0 Å².